The van der Waals surface area contributed by atoms with Gasteiger partial charge in [-0.1, -0.05) is 24.3 Å². The molecule has 2 nitrogen and oxygen atoms in total. The topological polar surface area (TPSA) is 21.3 Å². The van der Waals surface area contributed by atoms with E-state index in [2.05, 4.69) is 31.8 Å². The van der Waals surface area contributed by atoms with Gasteiger partial charge in [-0.15, -0.1) is 6.58 Å². The second-order valence-electron chi connectivity index (χ2n) is 4.40. The summed E-state index contributed by atoms with van der Waals surface area (Å²) in [4.78, 5) is 0. The van der Waals surface area contributed by atoms with Crippen molar-refractivity contribution in [1.29, 1.82) is 0 Å². The highest BCUT2D eigenvalue weighted by Gasteiger charge is 2.12. The van der Waals surface area contributed by atoms with Crippen LogP contribution < -0.4 is 10.1 Å². The van der Waals surface area contributed by atoms with E-state index in [-0.39, 0.29) is 0 Å². The highest BCUT2D eigenvalue weighted by atomic mass is 16.5. The summed E-state index contributed by atoms with van der Waals surface area (Å²) in [5, 5.41) is 3.58. The third kappa shape index (κ3) is 4.23. The zero-order valence-electron chi connectivity index (χ0n) is 11.1. The zero-order valence-corrected chi connectivity index (χ0v) is 11.1. The molecule has 17 heavy (non-hydrogen) atoms. The van der Waals surface area contributed by atoms with E-state index in [1.54, 1.807) is 7.11 Å². The third-order valence-electron chi connectivity index (χ3n) is 2.94. The van der Waals surface area contributed by atoms with Crippen molar-refractivity contribution >= 4 is 0 Å². The first-order valence-electron chi connectivity index (χ1n) is 6.19. The van der Waals surface area contributed by atoms with Gasteiger partial charge in [-0.3, -0.25) is 0 Å². The summed E-state index contributed by atoms with van der Waals surface area (Å²) >= 11 is 0. The summed E-state index contributed by atoms with van der Waals surface area (Å²) in [6.07, 6.45) is 4.13. The Bertz CT molecular complexity index is 349. The van der Waals surface area contributed by atoms with Crippen molar-refractivity contribution in [3.05, 3.63) is 42.5 Å². The number of rotatable bonds is 7. The van der Waals surface area contributed by atoms with Crippen molar-refractivity contribution in [2.45, 2.75) is 38.8 Å². The molecule has 1 N–H and O–H groups in total. The molecular weight excluding hydrogens is 210 g/mol. The van der Waals surface area contributed by atoms with Gasteiger partial charge < -0.3 is 10.1 Å². The fourth-order valence-corrected chi connectivity index (χ4v) is 1.99. The lowest BCUT2D eigenvalue weighted by Gasteiger charge is -2.21. The average Bonchev–Trinajstić information content (AvgIpc) is 2.36. The van der Waals surface area contributed by atoms with Gasteiger partial charge in [0, 0.05) is 17.6 Å². The smallest absolute Gasteiger partial charge is 0.123 e. The Morgan fingerprint density at radius 1 is 1.35 bits per heavy atom. The van der Waals surface area contributed by atoms with E-state index in [4.69, 9.17) is 4.74 Å². The Balaban J connectivity index is 2.62. The first-order valence-corrected chi connectivity index (χ1v) is 6.19. The molecule has 0 radical (unpaired) electrons. The Morgan fingerprint density at radius 2 is 2.06 bits per heavy atom. The molecule has 1 rings (SSSR count). The molecule has 0 spiro atoms. The van der Waals surface area contributed by atoms with E-state index in [1.807, 2.05) is 24.3 Å². The van der Waals surface area contributed by atoms with Crippen LogP contribution in [0.25, 0.3) is 0 Å². The van der Waals surface area contributed by atoms with E-state index in [1.165, 1.54) is 5.56 Å². The summed E-state index contributed by atoms with van der Waals surface area (Å²) in [5.41, 5.74) is 1.21. The van der Waals surface area contributed by atoms with Crippen molar-refractivity contribution in [3.63, 3.8) is 0 Å². The molecule has 2 atom stereocenters. The summed E-state index contributed by atoms with van der Waals surface area (Å²) in [5.74, 6) is 0.948. The molecule has 0 aromatic heterocycles. The average molecular weight is 233 g/mol. The van der Waals surface area contributed by atoms with E-state index in [9.17, 15) is 0 Å². The number of benzene rings is 1. The molecule has 0 bridgehead atoms. The monoisotopic (exact) mass is 233 g/mol. The molecular formula is C15H23NO. The molecule has 0 aliphatic heterocycles. The van der Waals surface area contributed by atoms with Gasteiger partial charge in [0.2, 0.25) is 0 Å². The number of allylic oxidation sites excluding steroid dienone is 1. The number of para-hydroxylation sites is 1. The van der Waals surface area contributed by atoms with Gasteiger partial charge >= 0.3 is 0 Å². The number of nitrogens with one attached hydrogen (secondary N) is 1. The largest absolute Gasteiger partial charge is 0.496 e. The third-order valence-corrected chi connectivity index (χ3v) is 2.94. The Labute approximate surface area is 105 Å². The van der Waals surface area contributed by atoms with Crippen LogP contribution in [0.15, 0.2) is 36.9 Å². The lowest BCUT2D eigenvalue weighted by molar-refractivity contribution is 0.393. The minimum absolute atomic E-state index is 0.297. The van der Waals surface area contributed by atoms with Crippen LogP contribution in [0.2, 0.25) is 0 Å². The van der Waals surface area contributed by atoms with Crippen LogP contribution in [0.3, 0.4) is 0 Å². The zero-order chi connectivity index (χ0) is 12.7. The summed E-state index contributed by atoms with van der Waals surface area (Å²) in [7, 11) is 1.71. The van der Waals surface area contributed by atoms with Gasteiger partial charge in [0.25, 0.3) is 0 Å². The molecule has 0 fully saturated rings. The fraction of sp³-hybridized carbons (Fsp3) is 0.467. The minimum Gasteiger partial charge on any atom is -0.496 e. The summed E-state index contributed by atoms with van der Waals surface area (Å²) in [6.45, 7) is 8.12. The van der Waals surface area contributed by atoms with Crippen LogP contribution in [0.1, 0.15) is 38.3 Å². The van der Waals surface area contributed by atoms with E-state index < -0.39 is 0 Å². The van der Waals surface area contributed by atoms with Crippen molar-refractivity contribution in [2.24, 2.45) is 0 Å². The second-order valence-corrected chi connectivity index (χ2v) is 4.40. The molecule has 2 heteroatoms. The van der Waals surface area contributed by atoms with Gasteiger partial charge in [0.15, 0.2) is 0 Å². The molecule has 1 unspecified atom stereocenters. The first-order chi connectivity index (χ1) is 8.19. The number of hydrogen-bond acceptors (Lipinski definition) is 2. The van der Waals surface area contributed by atoms with Crippen LogP contribution in [0.5, 0.6) is 5.75 Å². The molecule has 0 saturated heterocycles. The minimum atomic E-state index is 0.297. The molecule has 94 valence electrons. The van der Waals surface area contributed by atoms with Crippen molar-refractivity contribution in [1.82, 2.24) is 5.32 Å². The normalized spacial score (nSPS) is 14.1. The second kappa shape index (κ2) is 7.13. The molecule has 0 heterocycles. The lowest BCUT2D eigenvalue weighted by atomic mass is 10.1. The predicted molar refractivity (Wildman–Crippen MR) is 73.4 cm³/mol. The maximum absolute atomic E-state index is 5.37. The number of hydrogen-bond donors (Lipinski definition) is 1. The Morgan fingerprint density at radius 3 is 2.71 bits per heavy atom. The quantitative estimate of drug-likeness (QED) is 0.725. The SMILES string of the molecule is C=CCCC(C)N[C@@H](C)c1ccccc1OC. The maximum atomic E-state index is 5.37. The number of ether oxygens (including phenoxy) is 1. The highest BCUT2D eigenvalue weighted by Crippen LogP contribution is 2.24. The van der Waals surface area contributed by atoms with E-state index in [0.29, 0.717) is 12.1 Å². The molecule has 1 aromatic carbocycles. The van der Waals surface area contributed by atoms with E-state index >= 15 is 0 Å². The van der Waals surface area contributed by atoms with E-state index in [0.717, 1.165) is 18.6 Å². The Hall–Kier alpha value is -1.28. The molecule has 0 amide bonds. The molecule has 0 aliphatic rings. The van der Waals surface area contributed by atoms with Crippen LogP contribution in [0, 0.1) is 0 Å². The lowest BCUT2D eigenvalue weighted by Crippen LogP contribution is -2.28. The van der Waals surface area contributed by atoms with Crippen LogP contribution in [-0.4, -0.2) is 13.2 Å². The number of methoxy groups -OCH3 is 1. The van der Waals surface area contributed by atoms with Crippen molar-refractivity contribution in [2.75, 3.05) is 7.11 Å². The van der Waals surface area contributed by atoms with Gasteiger partial charge in [-0.05, 0) is 32.8 Å². The maximum Gasteiger partial charge on any atom is 0.123 e. The molecule has 0 saturated carbocycles. The van der Waals surface area contributed by atoms with Crippen LogP contribution in [0.4, 0.5) is 0 Å². The predicted octanol–water partition coefficient (Wildman–Crippen LogP) is 3.70. The highest BCUT2D eigenvalue weighted by molar-refractivity contribution is 5.35. The first kappa shape index (κ1) is 13.8. The van der Waals surface area contributed by atoms with Gasteiger partial charge in [0.1, 0.15) is 5.75 Å². The van der Waals surface area contributed by atoms with Gasteiger partial charge in [0.05, 0.1) is 7.11 Å². The van der Waals surface area contributed by atoms with Crippen molar-refractivity contribution in [3.8, 4) is 5.75 Å². The molecule has 1 aromatic rings. The van der Waals surface area contributed by atoms with Gasteiger partial charge in [-0.25, -0.2) is 0 Å². The summed E-state index contributed by atoms with van der Waals surface area (Å²) in [6, 6.07) is 8.93. The summed E-state index contributed by atoms with van der Waals surface area (Å²) < 4.78 is 5.37. The van der Waals surface area contributed by atoms with Crippen molar-refractivity contribution < 1.29 is 4.74 Å². The standard InChI is InChI=1S/C15H23NO/c1-5-6-9-12(2)16-13(3)14-10-7-8-11-15(14)17-4/h5,7-8,10-13,16H,1,6,9H2,2-4H3/t12?,13-/m0/s1. The van der Waals surface area contributed by atoms with Gasteiger partial charge in [-0.2, -0.15) is 0 Å². The Kier molecular flexibility index (Phi) is 5.78. The van der Waals surface area contributed by atoms with Crippen LogP contribution in [-0.2, 0) is 0 Å². The van der Waals surface area contributed by atoms with Crippen LogP contribution >= 0.6 is 0 Å². The molecule has 0 aliphatic carbocycles. The fourth-order valence-electron chi connectivity index (χ4n) is 1.99.